The molecule has 4 nitrogen and oxygen atoms in total. The molecule has 4 heteroatoms. The number of hydrogen-bond acceptors (Lipinski definition) is 4. The fourth-order valence-corrected chi connectivity index (χ4v) is 3.36. The molecule has 2 aromatic rings. The molecule has 2 unspecified atom stereocenters. The van der Waals surface area contributed by atoms with E-state index in [0.29, 0.717) is 18.6 Å². The average Bonchev–Trinajstić information content (AvgIpc) is 3.23. The molecule has 2 saturated heterocycles. The molecule has 23 heavy (non-hydrogen) atoms. The van der Waals surface area contributed by atoms with Gasteiger partial charge in [-0.05, 0) is 18.6 Å². The molecule has 1 spiro atoms. The predicted octanol–water partition coefficient (Wildman–Crippen LogP) is 3.59. The number of ketones is 1. The largest absolute Gasteiger partial charge is 0.348 e. The first-order valence-corrected chi connectivity index (χ1v) is 8.04. The Hall–Kier alpha value is -2.17. The number of benzene rings is 2. The van der Waals surface area contributed by atoms with Crippen molar-refractivity contribution in [1.82, 2.24) is 0 Å². The molecule has 2 heterocycles. The number of Topliss-reactive ketones (excluding diaryl/α,β-unsaturated/α-hetero) is 1. The lowest BCUT2D eigenvalue weighted by atomic mass is 9.97. The van der Waals surface area contributed by atoms with E-state index in [1.165, 1.54) is 0 Å². The summed E-state index contributed by atoms with van der Waals surface area (Å²) in [7, 11) is 0. The number of carbonyl (C=O) groups is 1. The molecule has 2 aliphatic heterocycles. The van der Waals surface area contributed by atoms with E-state index in [0.717, 1.165) is 18.5 Å². The van der Waals surface area contributed by atoms with Gasteiger partial charge in [-0.1, -0.05) is 48.5 Å². The summed E-state index contributed by atoms with van der Waals surface area (Å²) in [5.41, 5.74) is 1.59. The molecular weight excluding hydrogens is 290 g/mol. The van der Waals surface area contributed by atoms with Crippen molar-refractivity contribution in [3.05, 3.63) is 66.2 Å². The zero-order valence-corrected chi connectivity index (χ0v) is 12.9. The van der Waals surface area contributed by atoms with Crippen LogP contribution in [-0.4, -0.2) is 24.2 Å². The maximum Gasteiger partial charge on any atom is 0.196 e. The summed E-state index contributed by atoms with van der Waals surface area (Å²) >= 11 is 0. The minimum Gasteiger partial charge on any atom is -0.348 e. The lowest BCUT2D eigenvalue weighted by molar-refractivity contribution is -0.186. The number of carbonyl (C=O) groups excluding carboxylic acids is 1. The maximum atomic E-state index is 13.0. The highest BCUT2D eigenvalue weighted by Gasteiger charge is 2.51. The Morgan fingerprint density at radius 3 is 2.39 bits per heavy atom. The Balaban J connectivity index is 1.68. The summed E-state index contributed by atoms with van der Waals surface area (Å²) in [6.07, 6.45) is 2.36. The number of anilines is 1. The summed E-state index contributed by atoms with van der Waals surface area (Å²) < 4.78 is 5.85. The van der Waals surface area contributed by atoms with Gasteiger partial charge in [0.25, 0.3) is 0 Å². The van der Waals surface area contributed by atoms with E-state index in [1.807, 2.05) is 60.7 Å². The summed E-state index contributed by atoms with van der Waals surface area (Å²) in [5.74, 6) is -0.577. The minimum absolute atomic E-state index is 0.0711. The minimum atomic E-state index is -0.648. The van der Waals surface area contributed by atoms with Crippen LogP contribution in [0.4, 0.5) is 5.69 Å². The van der Waals surface area contributed by atoms with E-state index in [1.54, 1.807) is 5.06 Å². The highest BCUT2D eigenvalue weighted by molar-refractivity contribution is 6.02. The van der Waals surface area contributed by atoms with Crippen LogP contribution in [-0.2, 0) is 9.57 Å². The van der Waals surface area contributed by atoms with Crippen molar-refractivity contribution in [3.63, 3.8) is 0 Å². The average molecular weight is 309 g/mol. The standard InChI is InChI=1S/C19H19NO3/c21-18(15-8-3-1-4-9-15)17-14-19(12-7-13-22-19)23-20(17)16-10-5-2-6-11-16/h1-6,8-11,17H,7,12-14H2. The van der Waals surface area contributed by atoms with Crippen molar-refractivity contribution in [2.45, 2.75) is 31.1 Å². The predicted molar refractivity (Wildman–Crippen MR) is 87.1 cm³/mol. The number of ether oxygens (including phenoxy) is 1. The van der Waals surface area contributed by atoms with Crippen LogP contribution >= 0.6 is 0 Å². The van der Waals surface area contributed by atoms with Gasteiger partial charge in [0.2, 0.25) is 0 Å². The molecule has 0 aromatic heterocycles. The number of rotatable bonds is 3. The number of hydrogen-bond donors (Lipinski definition) is 0. The van der Waals surface area contributed by atoms with Gasteiger partial charge in [-0.15, -0.1) is 0 Å². The molecule has 0 saturated carbocycles. The van der Waals surface area contributed by atoms with E-state index >= 15 is 0 Å². The van der Waals surface area contributed by atoms with Gasteiger partial charge in [0.15, 0.2) is 11.6 Å². The van der Waals surface area contributed by atoms with Gasteiger partial charge in [0, 0.05) is 18.4 Å². The second-order valence-electron chi connectivity index (χ2n) is 6.07. The van der Waals surface area contributed by atoms with Crippen molar-refractivity contribution in [3.8, 4) is 0 Å². The van der Waals surface area contributed by atoms with Gasteiger partial charge < -0.3 is 4.74 Å². The maximum absolute atomic E-state index is 13.0. The van der Waals surface area contributed by atoms with Crippen molar-refractivity contribution in [2.75, 3.05) is 11.7 Å². The van der Waals surface area contributed by atoms with Gasteiger partial charge in [0.1, 0.15) is 6.04 Å². The number of para-hydroxylation sites is 1. The molecule has 0 bridgehead atoms. The van der Waals surface area contributed by atoms with Crippen LogP contribution in [0.2, 0.25) is 0 Å². The fourth-order valence-electron chi connectivity index (χ4n) is 3.36. The SMILES string of the molecule is O=C(c1ccccc1)C1CC2(CCCO2)ON1c1ccccc1. The van der Waals surface area contributed by atoms with Crippen molar-refractivity contribution in [1.29, 1.82) is 0 Å². The molecule has 2 aliphatic rings. The van der Waals surface area contributed by atoms with Crippen LogP contribution < -0.4 is 5.06 Å². The monoisotopic (exact) mass is 309 g/mol. The smallest absolute Gasteiger partial charge is 0.196 e. The van der Waals surface area contributed by atoms with Gasteiger partial charge in [-0.2, -0.15) is 0 Å². The van der Waals surface area contributed by atoms with Crippen molar-refractivity contribution < 1.29 is 14.4 Å². The molecule has 118 valence electrons. The Morgan fingerprint density at radius 2 is 1.74 bits per heavy atom. The molecule has 4 rings (SSSR count). The second kappa shape index (κ2) is 5.80. The first-order valence-electron chi connectivity index (χ1n) is 8.04. The van der Waals surface area contributed by atoms with E-state index in [-0.39, 0.29) is 11.8 Å². The second-order valence-corrected chi connectivity index (χ2v) is 6.07. The first kappa shape index (κ1) is 14.4. The van der Waals surface area contributed by atoms with Crippen molar-refractivity contribution in [2.24, 2.45) is 0 Å². The van der Waals surface area contributed by atoms with Crippen LogP contribution in [0.1, 0.15) is 29.6 Å². The molecule has 0 aliphatic carbocycles. The van der Waals surface area contributed by atoms with Crippen LogP contribution in [0, 0.1) is 0 Å². The van der Waals surface area contributed by atoms with E-state index < -0.39 is 5.79 Å². The Morgan fingerprint density at radius 1 is 1.04 bits per heavy atom. The lowest BCUT2D eigenvalue weighted by Gasteiger charge is -2.25. The number of nitrogens with zero attached hydrogens (tertiary/aromatic N) is 1. The molecule has 0 radical (unpaired) electrons. The van der Waals surface area contributed by atoms with Crippen LogP contribution in [0.5, 0.6) is 0 Å². The van der Waals surface area contributed by atoms with E-state index in [2.05, 4.69) is 0 Å². The zero-order chi connectivity index (χ0) is 15.7. The normalized spacial score (nSPS) is 26.8. The fraction of sp³-hybridized carbons (Fsp3) is 0.316. The third kappa shape index (κ3) is 2.64. The Bertz CT molecular complexity index is 680. The highest BCUT2D eigenvalue weighted by Crippen LogP contribution is 2.42. The quantitative estimate of drug-likeness (QED) is 0.812. The Kier molecular flexibility index (Phi) is 3.63. The summed E-state index contributed by atoms with van der Waals surface area (Å²) in [4.78, 5) is 19.1. The molecule has 0 amide bonds. The topological polar surface area (TPSA) is 38.8 Å². The summed E-state index contributed by atoms with van der Waals surface area (Å²) in [6.45, 7) is 0.689. The molecule has 2 fully saturated rings. The third-order valence-electron chi connectivity index (χ3n) is 4.49. The van der Waals surface area contributed by atoms with Crippen LogP contribution in [0.25, 0.3) is 0 Å². The van der Waals surface area contributed by atoms with E-state index in [9.17, 15) is 4.79 Å². The highest BCUT2D eigenvalue weighted by atomic mass is 16.8. The molecule has 2 aromatic carbocycles. The number of hydroxylamine groups is 1. The van der Waals surface area contributed by atoms with Crippen LogP contribution in [0.3, 0.4) is 0 Å². The lowest BCUT2D eigenvalue weighted by Crippen LogP contribution is -2.35. The van der Waals surface area contributed by atoms with Crippen molar-refractivity contribution >= 4 is 11.5 Å². The van der Waals surface area contributed by atoms with Crippen LogP contribution in [0.15, 0.2) is 60.7 Å². The van der Waals surface area contributed by atoms with Gasteiger partial charge >= 0.3 is 0 Å². The van der Waals surface area contributed by atoms with E-state index in [4.69, 9.17) is 9.57 Å². The van der Waals surface area contributed by atoms with Gasteiger partial charge in [-0.3, -0.25) is 4.79 Å². The zero-order valence-electron chi connectivity index (χ0n) is 12.9. The van der Waals surface area contributed by atoms with Gasteiger partial charge in [0.05, 0.1) is 12.3 Å². The molecular formula is C19H19NO3. The third-order valence-corrected chi connectivity index (χ3v) is 4.49. The molecule has 0 N–H and O–H groups in total. The first-order chi connectivity index (χ1) is 11.3. The summed E-state index contributed by atoms with van der Waals surface area (Å²) in [5, 5.41) is 1.74. The summed E-state index contributed by atoms with van der Waals surface area (Å²) in [6, 6.07) is 18.8. The Labute approximate surface area is 135 Å². The molecule has 2 atom stereocenters. The van der Waals surface area contributed by atoms with Gasteiger partial charge in [-0.25, -0.2) is 9.90 Å².